The summed E-state index contributed by atoms with van der Waals surface area (Å²) in [5, 5.41) is 14.4. The molecule has 0 aliphatic heterocycles. The van der Waals surface area contributed by atoms with Crippen LogP contribution in [-0.2, 0) is 7.05 Å². The summed E-state index contributed by atoms with van der Waals surface area (Å²) in [4.78, 5) is 15.9. The van der Waals surface area contributed by atoms with Crippen LogP contribution >= 0.6 is 0 Å². The summed E-state index contributed by atoms with van der Waals surface area (Å²) in [6.07, 6.45) is 10.2. The summed E-state index contributed by atoms with van der Waals surface area (Å²) in [5.74, 6) is 4.11. The standard InChI is InChI=1S/C21H30N6O2/c1-26-11-18(22-12-26)23-17-8-19(29-3)25-20(24-17)27(2)16-7-15-5-4-13-6-14(16)10-21(15,28)9-13/h8,11-16,28H,4-7,9-10H2,1-3H3,(H,23,24,25). The molecule has 0 radical (unpaired) electrons. The van der Waals surface area contributed by atoms with Crippen LogP contribution in [0.15, 0.2) is 18.6 Å². The zero-order valence-corrected chi connectivity index (χ0v) is 17.4. The monoisotopic (exact) mass is 398 g/mol. The topological polar surface area (TPSA) is 88.3 Å². The van der Waals surface area contributed by atoms with Gasteiger partial charge in [-0.2, -0.15) is 9.97 Å². The quantitative estimate of drug-likeness (QED) is 0.800. The Hall–Kier alpha value is -2.35. The van der Waals surface area contributed by atoms with Crippen LogP contribution in [0.2, 0.25) is 0 Å². The van der Waals surface area contributed by atoms with Gasteiger partial charge in [0.1, 0.15) is 11.6 Å². The highest BCUT2D eigenvalue weighted by Crippen LogP contribution is 2.55. The smallest absolute Gasteiger partial charge is 0.230 e. The molecular weight excluding hydrogens is 368 g/mol. The summed E-state index contributed by atoms with van der Waals surface area (Å²) in [7, 11) is 5.63. The van der Waals surface area contributed by atoms with Gasteiger partial charge in [0.15, 0.2) is 0 Å². The molecular formula is C21H30N6O2. The van der Waals surface area contributed by atoms with Gasteiger partial charge in [-0.05, 0) is 56.3 Å². The predicted octanol–water partition coefficient (Wildman–Crippen LogP) is 2.73. The largest absolute Gasteiger partial charge is 0.481 e. The van der Waals surface area contributed by atoms with E-state index in [4.69, 9.17) is 9.72 Å². The first kappa shape index (κ1) is 18.7. The minimum absolute atomic E-state index is 0.346. The van der Waals surface area contributed by atoms with Crippen LogP contribution < -0.4 is 15.0 Å². The second-order valence-electron chi connectivity index (χ2n) is 9.21. The van der Waals surface area contributed by atoms with Crippen molar-refractivity contribution in [3.8, 4) is 5.88 Å². The van der Waals surface area contributed by atoms with E-state index < -0.39 is 5.60 Å². The molecule has 3 saturated carbocycles. The van der Waals surface area contributed by atoms with Gasteiger partial charge in [-0.3, -0.25) is 0 Å². The highest BCUT2D eigenvalue weighted by molar-refractivity contribution is 5.54. The third-order valence-electron chi connectivity index (χ3n) is 7.32. The molecule has 0 saturated heterocycles. The molecule has 2 heterocycles. The second kappa shape index (κ2) is 6.86. The van der Waals surface area contributed by atoms with Crippen molar-refractivity contribution in [2.24, 2.45) is 24.8 Å². The average Bonchev–Trinajstić information content (AvgIpc) is 3.09. The number of methoxy groups -OCH3 is 1. The van der Waals surface area contributed by atoms with Gasteiger partial charge in [0.2, 0.25) is 11.8 Å². The zero-order chi connectivity index (χ0) is 20.2. The fourth-order valence-corrected chi connectivity index (χ4v) is 5.98. The molecule has 0 amide bonds. The van der Waals surface area contributed by atoms with Crippen LogP contribution in [0.1, 0.15) is 38.5 Å². The van der Waals surface area contributed by atoms with Crippen molar-refractivity contribution < 1.29 is 9.84 Å². The number of fused-ring (bicyclic) bond motifs is 2. The van der Waals surface area contributed by atoms with Gasteiger partial charge in [0.05, 0.1) is 19.0 Å². The molecule has 3 bridgehead atoms. The number of aliphatic hydroxyl groups is 1. The van der Waals surface area contributed by atoms with E-state index in [0.717, 1.165) is 31.5 Å². The van der Waals surface area contributed by atoms with Crippen molar-refractivity contribution >= 4 is 17.6 Å². The maximum atomic E-state index is 11.2. The van der Waals surface area contributed by atoms with E-state index in [-0.39, 0.29) is 0 Å². The lowest BCUT2D eigenvalue weighted by atomic mass is 9.53. The van der Waals surface area contributed by atoms with E-state index in [1.165, 1.54) is 12.8 Å². The molecule has 8 heteroatoms. The molecule has 5 atom stereocenters. The zero-order valence-electron chi connectivity index (χ0n) is 17.4. The molecule has 2 aromatic rings. The number of nitrogens with zero attached hydrogens (tertiary/aromatic N) is 5. The molecule has 5 unspecified atom stereocenters. The normalized spacial score (nSPS) is 32.8. The molecule has 3 aliphatic rings. The maximum absolute atomic E-state index is 11.2. The maximum Gasteiger partial charge on any atom is 0.230 e. The highest BCUT2D eigenvalue weighted by atomic mass is 16.5. The van der Waals surface area contributed by atoms with E-state index >= 15 is 0 Å². The lowest BCUT2D eigenvalue weighted by Gasteiger charge is -2.57. The third-order valence-corrected chi connectivity index (χ3v) is 7.32. The van der Waals surface area contributed by atoms with Gasteiger partial charge in [0, 0.05) is 32.4 Å². The number of hydrogen-bond acceptors (Lipinski definition) is 7. The molecule has 3 aliphatic carbocycles. The number of anilines is 3. The first-order valence-electron chi connectivity index (χ1n) is 10.6. The third kappa shape index (κ3) is 3.33. The molecule has 29 heavy (non-hydrogen) atoms. The van der Waals surface area contributed by atoms with Gasteiger partial charge in [0.25, 0.3) is 0 Å². The van der Waals surface area contributed by atoms with Crippen LogP contribution in [0.3, 0.4) is 0 Å². The van der Waals surface area contributed by atoms with Crippen molar-refractivity contribution in [2.45, 2.75) is 50.2 Å². The van der Waals surface area contributed by atoms with Crippen LogP contribution in [0.4, 0.5) is 17.6 Å². The van der Waals surface area contributed by atoms with Crippen molar-refractivity contribution in [3.63, 3.8) is 0 Å². The molecule has 3 fully saturated rings. The highest BCUT2D eigenvalue weighted by Gasteiger charge is 2.54. The van der Waals surface area contributed by atoms with E-state index in [1.54, 1.807) is 19.5 Å². The molecule has 8 nitrogen and oxygen atoms in total. The number of nitrogens with one attached hydrogen (secondary N) is 1. The summed E-state index contributed by atoms with van der Waals surface area (Å²) < 4.78 is 7.32. The Bertz CT molecular complexity index is 901. The SMILES string of the molecule is COc1cc(Nc2cn(C)cn2)nc(N(C)C2CC3CCC4CC2CC3(O)C4)n1. The number of imidazole rings is 1. The first-order chi connectivity index (χ1) is 13.9. The van der Waals surface area contributed by atoms with Crippen LogP contribution in [-0.4, -0.2) is 50.4 Å². The van der Waals surface area contributed by atoms with Crippen molar-refractivity contribution in [1.29, 1.82) is 0 Å². The van der Waals surface area contributed by atoms with Gasteiger partial charge in [-0.15, -0.1) is 0 Å². The lowest BCUT2D eigenvalue weighted by molar-refractivity contribution is -0.141. The number of hydrogen-bond donors (Lipinski definition) is 2. The molecule has 0 aromatic carbocycles. The Morgan fingerprint density at radius 1 is 1.24 bits per heavy atom. The van der Waals surface area contributed by atoms with E-state index in [9.17, 15) is 5.11 Å². The van der Waals surface area contributed by atoms with Gasteiger partial charge >= 0.3 is 0 Å². The predicted molar refractivity (Wildman–Crippen MR) is 110 cm³/mol. The minimum atomic E-state index is -0.440. The van der Waals surface area contributed by atoms with Crippen LogP contribution in [0.25, 0.3) is 0 Å². The van der Waals surface area contributed by atoms with E-state index in [2.05, 4.69) is 27.2 Å². The van der Waals surface area contributed by atoms with Crippen LogP contribution in [0, 0.1) is 17.8 Å². The molecule has 2 aromatic heterocycles. The Morgan fingerprint density at radius 3 is 2.86 bits per heavy atom. The van der Waals surface area contributed by atoms with Gasteiger partial charge < -0.3 is 24.6 Å². The summed E-state index contributed by atoms with van der Waals surface area (Å²) in [6.45, 7) is 0. The Labute approximate surface area is 171 Å². The van der Waals surface area contributed by atoms with Crippen molar-refractivity contribution in [3.05, 3.63) is 18.6 Å². The molecule has 156 valence electrons. The fourth-order valence-electron chi connectivity index (χ4n) is 5.98. The fraction of sp³-hybridized carbons (Fsp3) is 0.667. The summed E-state index contributed by atoms with van der Waals surface area (Å²) in [5.41, 5.74) is -0.440. The van der Waals surface area contributed by atoms with Crippen LogP contribution in [0.5, 0.6) is 5.88 Å². The van der Waals surface area contributed by atoms with E-state index in [0.29, 0.717) is 41.4 Å². The Morgan fingerprint density at radius 2 is 2.10 bits per heavy atom. The number of aryl methyl sites for hydroxylation is 1. The molecule has 2 N–H and O–H groups in total. The Balaban J connectivity index is 1.42. The molecule has 5 rings (SSSR count). The van der Waals surface area contributed by atoms with Gasteiger partial charge in [-0.25, -0.2) is 4.98 Å². The molecule has 0 spiro atoms. The van der Waals surface area contributed by atoms with Crippen molar-refractivity contribution in [2.75, 3.05) is 24.4 Å². The van der Waals surface area contributed by atoms with Gasteiger partial charge in [-0.1, -0.05) is 0 Å². The minimum Gasteiger partial charge on any atom is -0.481 e. The second-order valence-corrected chi connectivity index (χ2v) is 9.21. The van der Waals surface area contributed by atoms with Crippen molar-refractivity contribution in [1.82, 2.24) is 19.5 Å². The number of ether oxygens (including phenoxy) is 1. The summed E-state index contributed by atoms with van der Waals surface area (Å²) >= 11 is 0. The average molecular weight is 399 g/mol. The van der Waals surface area contributed by atoms with E-state index in [1.807, 2.05) is 17.8 Å². The summed E-state index contributed by atoms with van der Waals surface area (Å²) in [6, 6.07) is 2.13. The number of aromatic nitrogens is 4. The lowest BCUT2D eigenvalue weighted by Crippen LogP contribution is -2.59. The Kier molecular flexibility index (Phi) is 4.42. The number of rotatable bonds is 5. The first-order valence-corrected chi connectivity index (χ1v) is 10.6.